The lowest BCUT2D eigenvalue weighted by molar-refractivity contribution is -0.137. The molecule has 0 saturated carbocycles. The number of hydrogen-bond acceptors (Lipinski definition) is 3. The first-order valence-electron chi connectivity index (χ1n) is 9.05. The van der Waals surface area contributed by atoms with Gasteiger partial charge < -0.3 is 14.6 Å². The Morgan fingerprint density at radius 3 is 2.52 bits per heavy atom. The van der Waals surface area contributed by atoms with Gasteiger partial charge in [-0.3, -0.25) is 0 Å². The Morgan fingerprint density at radius 1 is 1.26 bits per heavy atom. The van der Waals surface area contributed by atoms with E-state index in [2.05, 4.69) is 9.97 Å². The number of halogens is 3. The highest BCUT2D eigenvalue weighted by molar-refractivity contribution is 5.76. The molecule has 1 aliphatic rings. The molecule has 0 aliphatic carbocycles. The van der Waals surface area contributed by atoms with Gasteiger partial charge in [-0.05, 0) is 57.7 Å². The van der Waals surface area contributed by atoms with Crippen molar-refractivity contribution < 1.29 is 22.7 Å². The number of carbonyl (C=O) groups is 1. The lowest BCUT2D eigenvalue weighted by Gasteiger charge is -2.33. The lowest BCUT2D eigenvalue weighted by atomic mass is 9.93. The summed E-state index contributed by atoms with van der Waals surface area (Å²) in [5, 5.41) is 0. The topological polar surface area (TPSA) is 58.2 Å². The molecule has 3 rings (SSSR count). The molecular weight excluding hydrogens is 359 g/mol. The van der Waals surface area contributed by atoms with Crippen molar-refractivity contribution in [2.24, 2.45) is 5.92 Å². The van der Waals surface area contributed by atoms with Gasteiger partial charge in [0.2, 0.25) is 0 Å². The summed E-state index contributed by atoms with van der Waals surface area (Å²) < 4.78 is 43.9. The van der Waals surface area contributed by atoms with Crippen molar-refractivity contribution in [3.05, 3.63) is 29.6 Å². The molecule has 0 bridgehead atoms. The fourth-order valence-electron chi connectivity index (χ4n) is 3.26. The summed E-state index contributed by atoms with van der Waals surface area (Å²) in [5.41, 5.74) is -0.275. The van der Waals surface area contributed by atoms with Gasteiger partial charge in [-0.2, -0.15) is 13.2 Å². The van der Waals surface area contributed by atoms with Gasteiger partial charge in [0, 0.05) is 19.5 Å². The number of benzene rings is 1. The molecule has 1 amide bonds. The fourth-order valence-corrected chi connectivity index (χ4v) is 3.26. The molecule has 8 heteroatoms. The van der Waals surface area contributed by atoms with Gasteiger partial charge in [-0.1, -0.05) is 0 Å². The number of amides is 1. The summed E-state index contributed by atoms with van der Waals surface area (Å²) in [6, 6.07) is 3.53. The van der Waals surface area contributed by atoms with Crippen molar-refractivity contribution >= 4 is 17.1 Å². The number of nitrogens with zero attached hydrogens (tertiary/aromatic N) is 2. The van der Waals surface area contributed by atoms with Gasteiger partial charge in [0.1, 0.15) is 11.4 Å². The number of ether oxygens (including phenoxy) is 1. The van der Waals surface area contributed by atoms with Crippen molar-refractivity contribution in [3.8, 4) is 0 Å². The number of nitrogens with one attached hydrogen (secondary N) is 1. The van der Waals surface area contributed by atoms with E-state index in [0.717, 1.165) is 25.0 Å². The number of fused-ring (bicyclic) bond motifs is 1. The Hall–Kier alpha value is -2.25. The SMILES string of the molecule is CC(C)(C)OC(=O)N1CCC(Cc2nc3ccc(C(F)(F)F)cc3[nH]2)CC1. The third-order valence-corrected chi connectivity index (χ3v) is 4.61. The number of likely N-dealkylation sites (tertiary alicyclic amines) is 1. The molecule has 2 aromatic rings. The van der Waals surface area contributed by atoms with Gasteiger partial charge in [-0.25, -0.2) is 9.78 Å². The van der Waals surface area contributed by atoms with Crippen LogP contribution in [0.15, 0.2) is 18.2 Å². The smallest absolute Gasteiger partial charge is 0.416 e. The van der Waals surface area contributed by atoms with E-state index in [1.54, 1.807) is 4.90 Å². The van der Waals surface area contributed by atoms with E-state index in [0.29, 0.717) is 42.3 Å². The second-order valence-electron chi connectivity index (χ2n) is 8.03. The van der Waals surface area contributed by atoms with Crippen LogP contribution in [0, 0.1) is 5.92 Å². The minimum atomic E-state index is -4.37. The third kappa shape index (κ3) is 4.93. The lowest BCUT2D eigenvalue weighted by Crippen LogP contribution is -2.42. The summed E-state index contributed by atoms with van der Waals surface area (Å²) in [6.45, 7) is 6.73. The van der Waals surface area contributed by atoms with E-state index >= 15 is 0 Å². The number of alkyl halides is 3. The van der Waals surface area contributed by atoms with Crippen LogP contribution in [0.2, 0.25) is 0 Å². The first-order valence-corrected chi connectivity index (χ1v) is 9.05. The number of aromatic nitrogens is 2. The average Bonchev–Trinajstić information content (AvgIpc) is 2.94. The monoisotopic (exact) mass is 383 g/mol. The van der Waals surface area contributed by atoms with Gasteiger partial charge in [0.25, 0.3) is 0 Å². The number of piperidine rings is 1. The zero-order valence-electron chi connectivity index (χ0n) is 15.7. The quantitative estimate of drug-likeness (QED) is 0.813. The molecule has 1 aliphatic heterocycles. The predicted octanol–water partition coefficient (Wildman–Crippen LogP) is 4.77. The van der Waals surface area contributed by atoms with E-state index in [4.69, 9.17) is 4.74 Å². The van der Waals surface area contributed by atoms with Crippen LogP contribution < -0.4 is 0 Å². The van der Waals surface area contributed by atoms with E-state index in [1.165, 1.54) is 6.07 Å². The summed E-state index contributed by atoms with van der Waals surface area (Å²) in [5.74, 6) is 1.01. The fraction of sp³-hybridized carbons (Fsp3) is 0.579. The molecule has 27 heavy (non-hydrogen) atoms. The van der Waals surface area contributed by atoms with Gasteiger partial charge in [0.05, 0.1) is 16.6 Å². The highest BCUT2D eigenvalue weighted by Gasteiger charge is 2.31. The van der Waals surface area contributed by atoms with Gasteiger partial charge >= 0.3 is 12.3 Å². The average molecular weight is 383 g/mol. The Balaban J connectivity index is 1.60. The molecule has 0 spiro atoms. The predicted molar refractivity (Wildman–Crippen MR) is 95.3 cm³/mol. The van der Waals surface area contributed by atoms with Crippen LogP contribution in [0.1, 0.15) is 45.0 Å². The van der Waals surface area contributed by atoms with E-state index < -0.39 is 17.3 Å². The molecule has 1 aromatic heterocycles. The van der Waals surface area contributed by atoms with Crippen LogP contribution in [0.5, 0.6) is 0 Å². The first kappa shape index (κ1) is 19.5. The normalized spacial score (nSPS) is 16.7. The minimum absolute atomic E-state index is 0.302. The summed E-state index contributed by atoms with van der Waals surface area (Å²) in [4.78, 5) is 21.2. The molecule has 1 N–H and O–H groups in total. The number of carbonyl (C=O) groups excluding carboxylic acids is 1. The largest absolute Gasteiger partial charge is 0.444 e. The van der Waals surface area contributed by atoms with Crippen molar-refractivity contribution in [1.29, 1.82) is 0 Å². The number of rotatable bonds is 2. The number of imidazole rings is 1. The standard InChI is InChI=1S/C19H24F3N3O2/c1-18(2,3)27-17(26)25-8-6-12(7-9-25)10-16-23-14-5-4-13(19(20,21)22)11-15(14)24-16/h4-5,11-12H,6-10H2,1-3H3,(H,23,24). The Labute approximate surface area is 155 Å². The highest BCUT2D eigenvalue weighted by atomic mass is 19.4. The molecule has 1 fully saturated rings. The van der Waals surface area contributed by atoms with Crippen LogP contribution in [0.3, 0.4) is 0 Å². The number of H-pyrrole nitrogens is 1. The third-order valence-electron chi connectivity index (χ3n) is 4.61. The van der Waals surface area contributed by atoms with Crippen molar-refractivity contribution in [3.63, 3.8) is 0 Å². The first-order chi connectivity index (χ1) is 12.5. The zero-order chi connectivity index (χ0) is 19.8. The van der Waals surface area contributed by atoms with Crippen LogP contribution in [-0.2, 0) is 17.3 Å². The summed E-state index contributed by atoms with van der Waals surface area (Å²) in [6.07, 6.45) is -2.40. The van der Waals surface area contributed by atoms with Crippen LogP contribution in [0.4, 0.5) is 18.0 Å². The summed E-state index contributed by atoms with van der Waals surface area (Å²) >= 11 is 0. The maximum Gasteiger partial charge on any atom is 0.416 e. The van der Waals surface area contributed by atoms with Crippen LogP contribution in [-0.4, -0.2) is 39.7 Å². The van der Waals surface area contributed by atoms with Crippen molar-refractivity contribution in [2.45, 2.75) is 51.8 Å². The number of aromatic amines is 1. The number of hydrogen-bond donors (Lipinski definition) is 1. The van der Waals surface area contributed by atoms with Crippen LogP contribution >= 0.6 is 0 Å². The maximum absolute atomic E-state index is 12.8. The Kier molecular flexibility index (Phi) is 5.10. The summed E-state index contributed by atoms with van der Waals surface area (Å²) in [7, 11) is 0. The Morgan fingerprint density at radius 2 is 1.93 bits per heavy atom. The molecular formula is C19H24F3N3O2. The van der Waals surface area contributed by atoms with Crippen LogP contribution in [0.25, 0.3) is 11.0 Å². The molecule has 0 radical (unpaired) electrons. The molecule has 1 saturated heterocycles. The van der Waals surface area contributed by atoms with E-state index in [-0.39, 0.29) is 6.09 Å². The van der Waals surface area contributed by atoms with E-state index in [9.17, 15) is 18.0 Å². The Bertz CT molecular complexity index is 816. The highest BCUT2D eigenvalue weighted by Crippen LogP contribution is 2.31. The molecule has 2 heterocycles. The minimum Gasteiger partial charge on any atom is -0.444 e. The molecule has 1 aromatic carbocycles. The van der Waals surface area contributed by atoms with E-state index in [1.807, 2.05) is 20.8 Å². The van der Waals surface area contributed by atoms with Gasteiger partial charge in [-0.15, -0.1) is 0 Å². The van der Waals surface area contributed by atoms with Gasteiger partial charge in [0.15, 0.2) is 0 Å². The zero-order valence-corrected chi connectivity index (χ0v) is 15.7. The molecule has 0 unspecified atom stereocenters. The molecule has 5 nitrogen and oxygen atoms in total. The van der Waals surface area contributed by atoms with Crippen molar-refractivity contribution in [2.75, 3.05) is 13.1 Å². The molecule has 0 atom stereocenters. The second kappa shape index (κ2) is 7.05. The molecule has 148 valence electrons. The van der Waals surface area contributed by atoms with Crippen molar-refractivity contribution in [1.82, 2.24) is 14.9 Å². The maximum atomic E-state index is 12.8. The second-order valence-corrected chi connectivity index (χ2v) is 8.03.